The zero-order valence-corrected chi connectivity index (χ0v) is 10.3. The normalized spacial score (nSPS) is 19.3. The molecule has 1 unspecified atom stereocenters. The maximum Gasteiger partial charge on any atom is 0.307 e. The van der Waals surface area contributed by atoms with Gasteiger partial charge in [-0.1, -0.05) is 17.7 Å². The van der Waals surface area contributed by atoms with Gasteiger partial charge in [0, 0.05) is 5.69 Å². The molecule has 0 aliphatic carbocycles. The number of hydrazone groups is 1. The van der Waals surface area contributed by atoms with Crippen molar-refractivity contribution in [3.05, 3.63) is 29.8 Å². The average molecular weight is 269 g/mol. The van der Waals surface area contributed by atoms with E-state index in [9.17, 15) is 13.2 Å². The number of hydrogen-bond acceptors (Lipinski definition) is 6. The van der Waals surface area contributed by atoms with Crippen LogP contribution in [0.3, 0.4) is 0 Å². The summed E-state index contributed by atoms with van der Waals surface area (Å²) in [6.45, 7) is 1.88. The standard InChI is InChI=1S/C10H11N3O4S/c1-7-2-4-8(5-3-7)13-9(6-14)11-12-10(13)18(15,16)17/h2-6,10,12H,1H3,(H,15,16,17). The maximum absolute atomic E-state index is 11.2. The smallest absolute Gasteiger partial charge is 0.294 e. The van der Waals surface area contributed by atoms with E-state index in [-0.39, 0.29) is 5.84 Å². The second kappa shape index (κ2) is 4.39. The Bertz CT molecular complexity index is 594. The van der Waals surface area contributed by atoms with E-state index in [2.05, 4.69) is 10.5 Å². The van der Waals surface area contributed by atoms with Gasteiger partial charge in [-0.05, 0) is 19.1 Å². The zero-order valence-electron chi connectivity index (χ0n) is 9.44. The first-order chi connectivity index (χ1) is 8.43. The highest BCUT2D eigenvalue weighted by atomic mass is 32.2. The van der Waals surface area contributed by atoms with Gasteiger partial charge < -0.3 is 0 Å². The number of nitrogens with zero attached hydrogens (tertiary/aromatic N) is 2. The Morgan fingerprint density at radius 3 is 2.50 bits per heavy atom. The van der Waals surface area contributed by atoms with Gasteiger partial charge in [-0.3, -0.25) is 19.7 Å². The van der Waals surface area contributed by atoms with E-state index < -0.39 is 15.6 Å². The second-order valence-electron chi connectivity index (χ2n) is 3.79. The Morgan fingerprint density at radius 2 is 2.00 bits per heavy atom. The predicted molar refractivity (Wildman–Crippen MR) is 65.6 cm³/mol. The lowest BCUT2D eigenvalue weighted by Gasteiger charge is -2.23. The average Bonchev–Trinajstić information content (AvgIpc) is 2.73. The van der Waals surface area contributed by atoms with Crippen LogP contribution in [0.25, 0.3) is 0 Å². The number of nitrogens with one attached hydrogen (secondary N) is 1. The van der Waals surface area contributed by atoms with Crippen molar-refractivity contribution in [2.24, 2.45) is 5.10 Å². The fourth-order valence-electron chi connectivity index (χ4n) is 1.61. The molecular weight excluding hydrogens is 258 g/mol. The third-order valence-electron chi connectivity index (χ3n) is 2.47. The molecule has 18 heavy (non-hydrogen) atoms. The van der Waals surface area contributed by atoms with Gasteiger partial charge >= 0.3 is 10.1 Å². The molecule has 1 aliphatic rings. The largest absolute Gasteiger partial charge is 0.307 e. The van der Waals surface area contributed by atoms with Crippen LogP contribution in [0.2, 0.25) is 0 Å². The molecule has 1 aromatic carbocycles. The highest BCUT2D eigenvalue weighted by Gasteiger charge is 2.37. The van der Waals surface area contributed by atoms with Crippen LogP contribution in [-0.4, -0.2) is 30.6 Å². The molecule has 2 rings (SSSR count). The van der Waals surface area contributed by atoms with E-state index in [1.165, 1.54) is 0 Å². The lowest BCUT2D eigenvalue weighted by Crippen LogP contribution is -2.46. The topological polar surface area (TPSA) is 99.1 Å². The van der Waals surface area contributed by atoms with E-state index in [1.54, 1.807) is 24.3 Å². The summed E-state index contributed by atoms with van der Waals surface area (Å²) in [5.41, 5.74) is 2.15. The minimum Gasteiger partial charge on any atom is -0.294 e. The molecule has 96 valence electrons. The van der Waals surface area contributed by atoms with Crippen molar-refractivity contribution in [3.8, 4) is 0 Å². The molecule has 0 aromatic heterocycles. The summed E-state index contributed by atoms with van der Waals surface area (Å²) in [5.74, 6) is -0.110. The van der Waals surface area contributed by atoms with Gasteiger partial charge in [-0.15, -0.1) is 0 Å². The van der Waals surface area contributed by atoms with Crippen molar-refractivity contribution in [3.63, 3.8) is 0 Å². The quantitative estimate of drug-likeness (QED) is 0.596. The lowest BCUT2D eigenvalue weighted by molar-refractivity contribution is -0.102. The first-order valence-corrected chi connectivity index (χ1v) is 6.54. The maximum atomic E-state index is 11.2. The molecular formula is C10H11N3O4S. The number of aldehydes is 1. The van der Waals surface area contributed by atoms with Crippen LogP contribution < -0.4 is 10.3 Å². The Hall–Kier alpha value is -1.93. The number of carbonyl (C=O) groups excluding carboxylic acids is 1. The molecule has 1 atom stereocenters. The molecule has 0 amide bonds. The minimum absolute atomic E-state index is 0.110. The first-order valence-electron chi connectivity index (χ1n) is 5.04. The van der Waals surface area contributed by atoms with E-state index in [1.807, 2.05) is 6.92 Å². The van der Waals surface area contributed by atoms with Crippen molar-refractivity contribution in [2.45, 2.75) is 12.4 Å². The van der Waals surface area contributed by atoms with Crippen LogP contribution in [0, 0.1) is 6.92 Å². The van der Waals surface area contributed by atoms with Crippen LogP contribution in [0.1, 0.15) is 5.56 Å². The fourth-order valence-corrected chi connectivity index (χ4v) is 2.29. The molecule has 7 nitrogen and oxygen atoms in total. The summed E-state index contributed by atoms with van der Waals surface area (Å²) < 4.78 is 31.5. The highest BCUT2D eigenvalue weighted by molar-refractivity contribution is 7.86. The van der Waals surface area contributed by atoms with Gasteiger partial charge in [0.05, 0.1) is 0 Å². The highest BCUT2D eigenvalue weighted by Crippen LogP contribution is 2.22. The van der Waals surface area contributed by atoms with Crippen molar-refractivity contribution in [1.29, 1.82) is 0 Å². The number of hydrogen-bond donors (Lipinski definition) is 2. The van der Waals surface area contributed by atoms with E-state index in [4.69, 9.17) is 4.55 Å². The van der Waals surface area contributed by atoms with Gasteiger partial charge in [-0.25, -0.2) is 0 Å². The Labute approximate surface area is 104 Å². The number of amidine groups is 1. The Morgan fingerprint density at radius 1 is 1.39 bits per heavy atom. The number of aryl methyl sites for hydroxylation is 1. The molecule has 0 fully saturated rings. The molecule has 2 N–H and O–H groups in total. The van der Waals surface area contributed by atoms with Crippen LogP contribution in [0.15, 0.2) is 29.4 Å². The number of carbonyl (C=O) groups is 1. The third-order valence-corrected chi connectivity index (χ3v) is 3.35. The summed E-state index contributed by atoms with van der Waals surface area (Å²) in [6, 6.07) is 6.80. The van der Waals surface area contributed by atoms with Crippen molar-refractivity contribution in [1.82, 2.24) is 5.43 Å². The molecule has 1 aromatic rings. The molecule has 0 saturated heterocycles. The van der Waals surface area contributed by atoms with Gasteiger partial charge in [0.1, 0.15) is 0 Å². The molecule has 8 heteroatoms. The fraction of sp³-hybridized carbons (Fsp3) is 0.200. The second-order valence-corrected chi connectivity index (χ2v) is 5.27. The van der Waals surface area contributed by atoms with Gasteiger partial charge in [-0.2, -0.15) is 13.5 Å². The van der Waals surface area contributed by atoms with Gasteiger partial charge in [0.2, 0.25) is 0 Å². The summed E-state index contributed by atoms with van der Waals surface area (Å²) in [4.78, 5) is 12.0. The monoisotopic (exact) mass is 269 g/mol. The molecule has 0 spiro atoms. The van der Waals surface area contributed by atoms with Gasteiger partial charge in [0.15, 0.2) is 12.1 Å². The summed E-state index contributed by atoms with van der Waals surface area (Å²) in [5, 5.41) is 3.57. The van der Waals surface area contributed by atoms with Crippen molar-refractivity contribution >= 4 is 27.9 Å². The predicted octanol–water partition coefficient (Wildman–Crippen LogP) is 0.0884. The Balaban J connectivity index is 2.45. The number of rotatable bonds is 3. The summed E-state index contributed by atoms with van der Waals surface area (Å²) in [6.07, 6.45) is 0.415. The van der Waals surface area contributed by atoms with Crippen LogP contribution in [0.4, 0.5) is 5.69 Å². The molecule has 0 radical (unpaired) electrons. The van der Waals surface area contributed by atoms with Crippen molar-refractivity contribution < 1.29 is 17.8 Å². The van der Waals surface area contributed by atoms with Crippen LogP contribution in [-0.2, 0) is 14.9 Å². The minimum atomic E-state index is -4.41. The first kappa shape index (κ1) is 12.5. The SMILES string of the molecule is Cc1ccc(N2C(C=O)=NNC2S(=O)(=O)O)cc1. The van der Waals surface area contributed by atoms with Gasteiger partial charge in [0.25, 0.3) is 5.50 Å². The lowest BCUT2D eigenvalue weighted by atomic mass is 10.2. The van der Waals surface area contributed by atoms with Crippen LogP contribution in [0.5, 0.6) is 0 Å². The number of anilines is 1. The third kappa shape index (κ3) is 2.20. The molecule has 0 bridgehead atoms. The zero-order chi connectivity index (χ0) is 13.3. The van der Waals surface area contributed by atoms with Crippen LogP contribution >= 0.6 is 0 Å². The van der Waals surface area contributed by atoms with E-state index in [0.717, 1.165) is 10.5 Å². The van der Waals surface area contributed by atoms with E-state index >= 15 is 0 Å². The Kier molecular flexibility index (Phi) is 3.05. The number of benzene rings is 1. The summed E-state index contributed by atoms with van der Waals surface area (Å²) in [7, 11) is -4.41. The molecule has 1 heterocycles. The van der Waals surface area contributed by atoms with Crippen molar-refractivity contribution in [2.75, 3.05) is 4.90 Å². The molecule has 0 saturated carbocycles. The summed E-state index contributed by atoms with van der Waals surface area (Å²) >= 11 is 0. The van der Waals surface area contributed by atoms with E-state index in [0.29, 0.717) is 12.0 Å². The molecule has 1 aliphatic heterocycles.